The molecule has 0 unspecified atom stereocenters. The molecule has 0 aliphatic rings. The maximum atomic E-state index is 13.4. The minimum absolute atomic E-state index is 0.0174. The molecule has 2 aromatic carbocycles. The Bertz CT molecular complexity index is 1070. The van der Waals surface area contributed by atoms with Crippen molar-refractivity contribution in [3.05, 3.63) is 65.7 Å². The number of benzene rings is 2. The Morgan fingerprint density at radius 1 is 0.971 bits per heavy atom. The third-order valence-corrected chi connectivity index (χ3v) is 8.18. The van der Waals surface area contributed by atoms with Gasteiger partial charge in [-0.15, -0.1) is 0 Å². The number of nitrogens with one attached hydrogen (secondary N) is 1. The first-order valence-corrected chi connectivity index (χ1v) is 13.7. The topological polar surface area (TPSA) is 86.8 Å². The number of carbonyl (C=O) groups excluding carboxylic acids is 2. The van der Waals surface area contributed by atoms with Crippen LogP contribution in [0.3, 0.4) is 0 Å². The molecule has 2 amide bonds. The second-order valence-electron chi connectivity index (χ2n) is 8.93. The van der Waals surface area contributed by atoms with E-state index in [2.05, 4.69) is 5.32 Å². The van der Waals surface area contributed by atoms with Gasteiger partial charge in [0, 0.05) is 32.6 Å². The van der Waals surface area contributed by atoms with Crippen LogP contribution in [0.1, 0.15) is 57.6 Å². The maximum absolute atomic E-state index is 13.4. The first-order valence-electron chi connectivity index (χ1n) is 12.3. The molecule has 0 saturated heterocycles. The van der Waals surface area contributed by atoms with E-state index in [9.17, 15) is 18.0 Å². The van der Waals surface area contributed by atoms with Gasteiger partial charge in [0.05, 0.1) is 4.90 Å². The Labute approximate surface area is 210 Å². The van der Waals surface area contributed by atoms with Crippen molar-refractivity contribution in [2.75, 3.05) is 13.6 Å². The molecular formula is C27H39N3O4S. The van der Waals surface area contributed by atoms with Crippen LogP contribution in [0.2, 0.25) is 0 Å². The van der Waals surface area contributed by atoms with Crippen LogP contribution in [0.5, 0.6) is 0 Å². The molecule has 2 atom stereocenters. The summed E-state index contributed by atoms with van der Waals surface area (Å²) >= 11 is 0. The highest BCUT2D eigenvalue weighted by molar-refractivity contribution is 7.89. The number of nitrogens with zero attached hydrogens (tertiary/aromatic N) is 2. The molecule has 0 aromatic heterocycles. The van der Waals surface area contributed by atoms with Gasteiger partial charge in [-0.25, -0.2) is 12.7 Å². The predicted octanol–water partition coefficient (Wildman–Crippen LogP) is 4.12. The zero-order chi connectivity index (χ0) is 26.0. The lowest BCUT2D eigenvalue weighted by atomic mass is 10.0. The van der Waals surface area contributed by atoms with Gasteiger partial charge >= 0.3 is 0 Å². The maximum Gasteiger partial charge on any atom is 0.243 e. The van der Waals surface area contributed by atoms with Gasteiger partial charge in [-0.2, -0.15) is 0 Å². The molecule has 35 heavy (non-hydrogen) atoms. The molecule has 0 radical (unpaired) electrons. The average Bonchev–Trinajstić information content (AvgIpc) is 2.85. The lowest BCUT2D eigenvalue weighted by Crippen LogP contribution is -2.50. The summed E-state index contributed by atoms with van der Waals surface area (Å²) < 4.78 is 26.8. The van der Waals surface area contributed by atoms with E-state index in [1.807, 2.05) is 52.0 Å². The smallest absolute Gasteiger partial charge is 0.243 e. The number of rotatable bonds is 13. The first-order chi connectivity index (χ1) is 16.6. The Morgan fingerprint density at radius 2 is 1.60 bits per heavy atom. The van der Waals surface area contributed by atoms with Crippen LogP contribution in [0.15, 0.2) is 59.5 Å². The second kappa shape index (κ2) is 13.4. The van der Waals surface area contributed by atoms with Crippen LogP contribution in [0.4, 0.5) is 0 Å². The Balaban J connectivity index is 2.15. The quantitative estimate of drug-likeness (QED) is 0.447. The standard InChI is InChI=1S/C27H39N3O4S/c1-6-22(4)28-27(32)25(7-2)30(20-23-15-12-11-14-21(23)3)26(31)18-13-19-29(5)35(33,34)24-16-9-8-10-17-24/h8-12,14-17,22,25H,6-7,13,18-20H2,1-5H3,(H,28,32)/t22-,25-/m0/s1. The van der Waals surface area contributed by atoms with Crippen LogP contribution in [0.25, 0.3) is 0 Å². The van der Waals surface area contributed by atoms with Gasteiger partial charge in [-0.05, 0) is 56.4 Å². The molecule has 0 saturated carbocycles. The van der Waals surface area contributed by atoms with Crippen molar-refractivity contribution in [1.82, 2.24) is 14.5 Å². The summed E-state index contributed by atoms with van der Waals surface area (Å²) in [6.45, 7) is 8.37. The number of carbonyl (C=O) groups is 2. The highest BCUT2D eigenvalue weighted by Crippen LogP contribution is 2.18. The fraction of sp³-hybridized carbons (Fsp3) is 0.481. The Hall–Kier alpha value is -2.71. The van der Waals surface area contributed by atoms with Crippen LogP contribution >= 0.6 is 0 Å². The van der Waals surface area contributed by atoms with E-state index in [0.717, 1.165) is 17.5 Å². The Kier molecular flexibility index (Phi) is 10.9. The molecule has 0 aliphatic carbocycles. The molecule has 7 nitrogen and oxygen atoms in total. The lowest BCUT2D eigenvalue weighted by molar-refractivity contribution is -0.141. The van der Waals surface area contributed by atoms with Gasteiger partial charge < -0.3 is 10.2 Å². The minimum Gasteiger partial charge on any atom is -0.352 e. The highest BCUT2D eigenvalue weighted by atomic mass is 32.2. The molecule has 0 aliphatic heterocycles. The third kappa shape index (κ3) is 7.90. The summed E-state index contributed by atoms with van der Waals surface area (Å²) in [6, 6.07) is 15.5. The van der Waals surface area contributed by atoms with E-state index in [4.69, 9.17) is 0 Å². The van der Waals surface area contributed by atoms with Gasteiger partial charge in [0.2, 0.25) is 21.8 Å². The van der Waals surface area contributed by atoms with Crippen LogP contribution in [0, 0.1) is 6.92 Å². The molecule has 1 N–H and O–H groups in total. The molecule has 8 heteroatoms. The average molecular weight is 502 g/mol. The van der Waals surface area contributed by atoms with E-state index in [1.54, 1.807) is 35.2 Å². The Morgan fingerprint density at radius 3 is 2.20 bits per heavy atom. The van der Waals surface area contributed by atoms with Gasteiger partial charge in [0.15, 0.2) is 0 Å². The van der Waals surface area contributed by atoms with E-state index < -0.39 is 16.1 Å². The van der Waals surface area contributed by atoms with Crippen molar-refractivity contribution < 1.29 is 18.0 Å². The molecule has 2 rings (SSSR count). The largest absolute Gasteiger partial charge is 0.352 e. The minimum atomic E-state index is -3.62. The zero-order valence-corrected chi connectivity index (χ0v) is 22.3. The summed E-state index contributed by atoms with van der Waals surface area (Å²) in [5, 5.41) is 3.01. The van der Waals surface area contributed by atoms with Crippen molar-refractivity contribution in [3.63, 3.8) is 0 Å². The van der Waals surface area contributed by atoms with Crippen molar-refractivity contribution in [1.29, 1.82) is 0 Å². The summed E-state index contributed by atoms with van der Waals surface area (Å²) in [5.74, 6) is -0.322. The molecule has 0 spiro atoms. The molecule has 0 fully saturated rings. The van der Waals surface area contributed by atoms with E-state index >= 15 is 0 Å². The number of amides is 2. The molecule has 0 heterocycles. The molecule has 0 bridgehead atoms. The van der Waals surface area contributed by atoms with Crippen molar-refractivity contribution in [2.24, 2.45) is 0 Å². The lowest BCUT2D eigenvalue weighted by Gasteiger charge is -2.32. The van der Waals surface area contributed by atoms with Crippen molar-refractivity contribution in [3.8, 4) is 0 Å². The fourth-order valence-corrected chi connectivity index (χ4v) is 5.05. The summed E-state index contributed by atoms with van der Waals surface area (Å²) in [6.07, 6.45) is 1.79. The van der Waals surface area contributed by atoms with Crippen molar-refractivity contribution >= 4 is 21.8 Å². The predicted molar refractivity (Wildman–Crippen MR) is 139 cm³/mol. The molecule has 2 aromatic rings. The van der Waals surface area contributed by atoms with Crippen molar-refractivity contribution in [2.45, 2.75) is 76.9 Å². The third-order valence-electron chi connectivity index (χ3n) is 6.30. The normalized spacial score (nSPS) is 13.3. The number of sulfonamides is 1. The van der Waals surface area contributed by atoms with Gasteiger partial charge in [-0.3, -0.25) is 9.59 Å². The fourth-order valence-electron chi connectivity index (χ4n) is 3.82. The summed E-state index contributed by atoms with van der Waals surface area (Å²) in [4.78, 5) is 28.3. The molecule has 192 valence electrons. The molecular weight excluding hydrogens is 462 g/mol. The first kappa shape index (κ1) is 28.5. The van der Waals surface area contributed by atoms with Gasteiger partial charge in [-0.1, -0.05) is 56.3 Å². The van der Waals surface area contributed by atoms with Crippen LogP contribution in [-0.4, -0.2) is 55.1 Å². The zero-order valence-electron chi connectivity index (χ0n) is 21.5. The van der Waals surface area contributed by atoms with Crippen LogP contribution in [-0.2, 0) is 26.2 Å². The number of hydrogen-bond acceptors (Lipinski definition) is 4. The number of aryl methyl sites for hydroxylation is 1. The van der Waals surface area contributed by atoms with Crippen LogP contribution < -0.4 is 5.32 Å². The van der Waals surface area contributed by atoms with E-state index in [0.29, 0.717) is 19.4 Å². The summed E-state index contributed by atoms with van der Waals surface area (Å²) in [7, 11) is -2.10. The second-order valence-corrected chi connectivity index (χ2v) is 11.0. The van der Waals surface area contributed by atoms with Gasteiger partial charge in [0.1, 0.15) is 6.04 Å². The summed E-state index contributed by atoms with van der Waals surface area (Å²) in [5.41, 5.74) is 2.04. The highest BCUT2D eigenvalue weighted by Gasteiger charge is 2.29. The number of hydrogen-bond donors (Lipinski definition) is 1. The monoisotopic (exact) mass is 501 g/mol. The van der Waals surface area contributed by atoms with E-state index in [-0.39, 0.29) is 35.7 Å². The SMILES string of the molecule is CC[C@H](C)NC(=O)[C@H](CC)N(Cc1ccccc1C)C(=O)CCCN(C)S(=O)(=O)c1ccccc1. The van der Waals surface area contributed by atoms with E-state index in [1.165, 1.54) is 11.4 Å². The van der Waals surface area contributed by atoms with Gasteiger partial charge in [0.25, 0.3) is 0 Å².